The van der Waals surface area contributed by atoms with E-state index in [1.165, 1.54) is 12.7 Å². The number of ether oxygens (including phenoxy) is 1. The van der Waals surface area contributed by atoms with E-state index in [-0.39, 0.29) is 11.4 Å². The molecule has 3 rings (SSSR count). The molecule has 4 heteroatoms. The summed E-state index contributed by atoms with van der Waals surface area (Å²) in [5.41, 5.74) is 3.83. The van der Waals surface area contributed by atoms with Gasteiger partial charge in [0.25, 0.3) is 0 Å². The summed E-state index contributed by atoms with van der Waals surface area (Å²) in [5, 5.41) is 0. The normalized spacial score (nSPS) is 20.6. The van der Waals surface area contributed by atoms with E-state index in [2.05, 4.69) is 47.1 Å². The maximum absolute atomic E-state index is 11.7. The molecule has 23 heavy (non-hydrogen) atoms. The number of carbonyl (C=O) groups excluding carboxylic acids is 1. The molecule has 1 aromatic carbocycles. The monoisotopic (exact) mass is 310 g/mol. The number of rotatable bonds is 3. The van der Waals surface area contributed by atoms with Crippen LogP contribution in [0.2, 0.25) is 0 Å². The van der Waals surface area contributed by atoms with E-state index in [0.717, 1.165) is 30.8 Å². The maximum Gasteiger partial charge on any atom is 0.356 e. The molecule has 0 bridgehead atoms. The first-order valence-corrected chi connectivity index (χ1v) is 7.89. The molecular weight excluding hydrogens is 288 g/mol. The van der Waals surface area contributed by atoms with Crippen LogP contribution in [-0.4, -0.2) is 31.2 Å². The van der Waals surface area contributed by atoms with Gasteiger partial charge in [0, 0.05) is 18.5 Å². The summed E-state index contributed by atoms with van der Waals surface area (Å²) in [4.78, 5) is 18.3. The van der Waals surface area contributed by atoms with Gasteiger partial charge in [0.15, 0.2) is 5.69 Å². The van der Waals surface area contributed by atoms with Crippen molar-refractivity contribution in [3.8, 4) is 0 Å². The van der Waals surface area contributed by atoms with Gasteiger partial charge in [0.2, 0.25) is 0 Å². The molecule has 0 amide bonds. The number of esters is 1. The Morgan fingerprint density at radius 1 is 1.30 bits per heavy atom. The van der Waals surface area contributed by atoms with Gasteiger partial charge in [-0.15, -0.1) is 0 Å². The van der Waals surface area contributed by atoms with Crippen LogP contribution in [-0.2, 0) is 10.2 Å². The van der Waals surface area contributed by atoms with Gasteiger partial charge in [-0.25, -0.2) is 9.78 Å². The number of benzene rings is 1. The third-order valence-electron chi connectivity index (χ3n) is 4.75. The van der Waals surface area contributed by atoms with Gasteiger partial charge >= 0.3 is 5.97 Å². The summed E-state index contributed by atoms with van der Waals surface area (Å²) in [6, 6.07) is 12.7. The highest BCUT2D eigenvalue weighted by atomic mass is 16.5. The summed E-state index contributed by atoms with van der Waals surface area (Å²) in [6.45, 7) is 6.15. The maximum atomic E-state index is 11.7. The molecule has 0 spiro atoms. The van der Waals surface area contributed by atoms with Crippen molar-refractivity contribution in [1.82, 2.24) is 4.98 Å². The third kappa shape index (κ3) is 2.93. The number of nitrogens with zero attached hydrogens (tertiary/aromatic N) is 2. The van der Waals surface area contributed by atoms with E-state index in [0.29, 0.717) is 5.69 Å². The van der Waals surface area contributed by atoms with Crippen LogP contribution >= 0.6 is 0 Å². The van der Waals surface area contributed by atoms with Gasteiger partial charge in [-0.3, -0.25) is 0 Å². The first kappa shape index (κ1) is 15.5. The number of aryl methyl sites for hydroxylation is 1. The lowest BCUT2D eigenvalue weighted by Gasteiger charge is -2.26. The Balaban J connectivity index is 1.82. The lowest BCUT2D eigenvalue weighted by Crippen LogP contribution is -2.28. The van der Waals surface area contributed by atoms with Crippen molar-refractivity contribution in [2.45, 2.75) is 25.7 Å². The van der Waals surface area contributed by atoms with Crippen LogP contribution in [0.15, 0.2) is 42.6 Å². The standard InChI is InChI=1S/C19H22N2O2/c1-14-11-16(12-20-17(14)18(22)23-3)21-10-9-19(2,13-21)15-7-5-4-6-8-15/h4-8,11-12H,9-10,13H2,1-3H3. The second-order valence-corrected chi connectivity index (χ2v) is 6.45. The van der Waals surface area contributed by atoms with Gasteiger partial charge in [0.1, 0.15) is 0 Å². The van der Waals surface area contributed by atoms with E-state index in [1.807, 2.05) is 13.0 Å². The highest BCUT2D eigenvalue weighted by Crippen LogP contribution is 2.36. The molecule has 1 fully saturated rings. The average molecular weight is 310 g/mol. The topological polar surface area (TPSA) is 42.4 Å². The molecule has 1 aromatic heterocycles. The Kier molecular flexibility index (Phi) is 4.07. The molecule has 2 aromatic rings. The summed E-state index contributed by atoms with van der Waals surface area (Å²) in [6.07, 6.45) is 2.88. The first-order chi connectivity index (χ1) is 11.0. The molecule has 120 valence electrons. The molecular formula is C19H22N2O2. The molecule has 1 unspecified atom stereocenters. The number of pyridine rings is 1. The van der Waals surface area contributed by atoms with E-state index in [1.54, 1.807) is 6.20 Å². The molecule has 1 aliphatic heterocycles. The number of aromatic nitrogens is 1. The van der Waals surface area contributed by atoms with Crippen LogP contribution in [0.1, 0.15) is 35.0 Å². The largest absolute Gasteiger partial charge is 0.464 e. The number of methoxy groups -OCH3 is 1. The van der Waals surface area contributed by atoms with Crippen molar-refractivity contribution in [2.75, 3.05) is 25.1 Å². The smallest absolute Gasteiger partial charge is 0.356 e. The van der Waals surface area contributed by atoms with Gasteiger partial charge in [-0.2, -0.15) is 0 Å². The van der Waals surface area contributed by atoms with E-state index >= 15 is 0 Å². The van der Waals surface area contributed by atoms with Gasteiger partial charge < -0.3 is 9.64 Å². The Hall–Kier alpha value is -2.36. The Morgan fingerprint density at radius 3 is 2.70 bits per heavy atom. The molecule has 1 aliphatic rings. The molecule has 1 saturated heterocycles. The zero-order chi connectivity index (χ0) is 16.4. The molecule has 0 radical (unpaired) electrons. The van der Waals surface area contributed by atoms with Gasteiger partial charge in [-0.1, -0.05) is 37.3 Å². The minimum Gasteiger partial charge on any atom is -0.464 e. The fourth-order valence-corrected chi connectivity index (χ4v) is 3.30. The fraction of sp³-hybridized carbons (Fsp3) is 0.368. The number of anilines is 1. The van der Waals surface area contributed by atoms with E-state index in [4.69, 9.17) is 4.74 Å². The molecule has 4 nitrogen and oxygen atoms in total. The summed E-state index contributed by atoms with van der Waals surface area (Å²) < 4.78 is 4.76. The SMILES string of the molecule is COC(=O)c1ncc(N2CCC(C)(c3ccccc3)C2)cc1C. The minimum atomic E-state index is -0.385. The van der Waals surface area contributed by atoms with Gasteiger partial charge in [0.05, 0.1) is 19.0 Å². The molecule has 1 atom stereocenters. The first-order valence-electron chi connectivity index (χ1n) is 7.89. The van der Waals surface area contributed by atoms with Crippen molar-refractivity contribution in [1.29, 1.82) is 0 Å². The van der Waals surface area contributed by atoms with Crippen molar-refractivity contribution in [3.05, 3.63) is 59.4 Å². The van der Waals surface area contributed by atoms with Gasteiger partial charge in [-0.05, 0) is 30.5 Å². The highest BCUT2D eigenvalue weighted by molar-refractivity contribution is 5.89. The van der Waals surface area contributed by atoms with E-state index < -0.39 is 0 Å². The lowest BCUT2D eigenvalue weighted by atomic mass is 9.82. The molecule has 0 saturated carbocycles. The zero-order valence-electron chi connectivity index (χ0n) is 13.9. The predicted molar refractivity (Wildman–Crippen MR) is 90.9 cm³/mol. The second-order valence-electron chi connectivity index (χ2n) is 6.45. The quantitative estimate of drug-likeness (QED) is 0.815. The van der Waals surface area contributed by atoms with Crippen molar-refractivity contribution >= 4 is 11.7 Å². The Labute approximate surface area is 137 Å². The van der Waals surface area contributed by atoms with Crippen LogP contribution in [0.5, 0.6) is 0 Å². The van der Waals surface area contributed by atoms with Crippen LogP contribution < -0.4 is 4.90 Å². The molecule has 2 heterocycles. The van der Waals surface area contributed by atoms with E-state index in [9.17, 15) is 4.79 Å². The highest BCUT2D eigenvalue weighted by Gasteiger charge is 2.35. The summed E-state index contributed by atoms with van der Waals surface area (Å²) in [5.74, 6) is -0.385. The number of carbonyl (C=O) groups is 1. The minimum absolute atomic E-state index is 0.149. The summed E-state index contributed by atoms with van der Waals surface area (Å²) in [7, 11) is 1.38. The average Bonchev–Trinajstić information content (AvgIpc) is 2.98. The Bertz CT molecular complexity index is 715. The van der Waals surface area contributed by atoms with Crippen LogP contribution in [0.4, 0.5) is 5.69 Å². The van der Waals surface area contributed by atoms with Crippen LogP contribution in [0.3, 0.4) is 0 Å². The van der Waals surface area contributed by atoms with Crippen LogP contribution in [0.25, 0.3) is 0 Å². The summed E-state index contributed by atoms with van der Waals surface area (Å²) >= 11 is 0. The number of hydrogen-bond donors (Lipinski definition) is 0. The predicted octanol–water partition coefficient (Wildman–Crippen LogP) is 3.34. The Morgan fingerprint density at radius 2 is 2.04 bits per heavy atom. The third-order valence-corrected chi connectivity index (χ3v) is 4.75. The molecule has 0 aliphatic carbocycles. The second kappa shape index (κ2) is 6.03. The number of hydrogen-bond acceptors (Lipinski definition) is 4. The van der Waals surface area contributed by atoms with Crippen LogP contribution in [0, 0.1) is 6.92 Å². The zero-order valence-corrected chi connectivity index (χ0v) is 13.9. The fourth-order valence-electron chi connectivity index (χ4n) is 3.30. The lowest BCUT2D eigenvalue weighted by molar-refractivity contribution is 0.0593. The molecule has 0 N–H and O–H groups in total. The van der Waals surface area contributed by atoms with Crippen molar-refractivity contribution in [2.24, 2.45) is 0 Å². The van der Waals surface area contributed by atoms with Crippen molar-refractivity contribution in [3.63, 3.8) is 0 Å². The van der Waals surface area contributed by atoms with Crippen molar-refractivity contribution < 1.29 is 9.53 Å².